The van der Waals surface area contributed by atoms with Gasteiger partial charge < -0.3 is 5.73 Å². The molecule has 18 heavy (non-hydrogen) atoms. The molecular weight excluding hydrogens is 252 g/mol. The second kappa shape index (κ2) is 4.42. The maximum atomic E-state index is 5.47. The van der Waals surface area contributed by atoms with E-state index in [-0.39, 0.29) is 0 Å². The van der Waals surface area contributed by atoms with Crippen molar-refractivity contribution < 1.29 is 0 Å². The first kappa shape index (κ1) is 11.2. The fourth-order valence-electron chi connectivity index (χ4n) is 1.62. The summed E-state index contributed by atoms with van der Waals surface area (Å²) in [6, 6.07) is 0. The topological polar surface area (TPSA) is 99.8 Å². The summed E-state index contributed by atoms with van der Waals surface area (Å²) >= 11 is 1.45. The van der Waals surface area contributed by atoms with Gasteiger partial charge in [0.05, 0.1) is 12.7 Å². The molecule has 0 radical (unpaired) electrons. The van der Waals surface area contributed by atoms with Gasteiger partial charge in [-0.25, -0.2) is 0 Å². The van der Waals surface area contributed by atoms with Crippen LogP contribution in [0.3, 0.4) is 0 Å². The van der Waals surface area contributed by atoms with Crippen LogP contribution >= 0.6 is 11.3 Å². The fraction of sp³-hybridized carbons (Fsp3) is 0.444. The molecule has 3 rings (SSSR count). The second-order valence-corrected chi connectivity index (χ2v) is 4.68. The first-order valence-electron chi connectivity index (χ1n) is 5.63. The van der Waals surface area contributed by atoms with Crippen molar-refractivity contribution in [3.8, 4) is 10.7 Å². The van der Waals surface area contributed by atoms with E-state index in [4.69, 9.17) is 5.73 Å². The van der Waals surface area contributed by atoms with Crippen LogP contribution in [0.1, 0.15) is 12.7 Å². The van der Waals surface area contributed by atoms with Gasteiger partial charge in [-0.2, -0.15) is 9.61 Å². The SMILES string of the molecule is CCc1nnc2sc(-c3cn(CCN)nn3)nn12. The Kier molecular flexibility index (Phi) is 2.76. The molecule has 3 aromatic heterocycles. The van der Waals surface area contributed by atoms with Gasteiger partial charge in [-0.3, -0.25) is 4.68 Å². The Morgan fingerprint density at radius 1 is 1.33 bits per heavy atom. The zero-order valence-electron chi connectivity index (χ0n) is 9.81. The van der Waals surface area contributed by atoms with E-state index in [9.17, 15) is 0 Å². The Morgan fingerprint density at radius 3 is 3.00 bits per heavy atom. The van der Waals surface area contributed by atoms with Gasteiger partial charge in [-0.05, 0) is 0 Å². The minimum Gasteiger partial charge on any atom is -0.329 e. The highest BCUT2D eigenvalue weighted by molar-refractivity contribution is 7.19. The zero-order valence-corrected chi connectivity index (χ0v) is 10.6. The van der Waals surface area contributed by atoms with E-state index in [1.165, 1.54) is 11.3 Å². The number of nitrogens with zero attached hydrogens (tertiary/aromatic N) is 7. The predicted molar refractivity (Wildman–Crippen MR) is 66.1 cm³/mol. The Balaban J connectivity index is 1.99. The monoisotopic (exact) mass is 264 g/mol. The molecule has 0 aliphatic carbocycles. The first-order chi connectivity index (χ1) is 8.81. The number of aromatic nitrogens is 7. The third-order valence-electron chi connectivity index (χ3n) is 2.49. The second-order valence-electron chi connectivity index (χ2n) is 3.73. The molecule has 0 atom stereocenters. The summed E-state index contributed by atoms with van der Waals surface area (Å²) in [5.74, 6) is 0.849. The quantitative estimate of drug-likeness (QED) is 0.710. The maximum absolute atomic E-state index is 5.47. The summed E-state index contributed by atoms with van der Waals surface area (Å²) in [6.45, 7) is 3.21. The van der Waals surface area contributed by atoms with Crippen LogP contribution in [0.5, 0.6) is 0 Å². The molecule has 0 saturated heterocycles. The Morgan fingerprint density at radius 2 is 2.22 bits per heavy atom. The normalized spacial score (nSPS) is 11.4. The Bertz CT molecular complexity index is 665. The third-order valence-corrected chi connectivity index (χ3v) is 3.41. The number of rotatable bonds is 4. The van der Waals surface area contributed by atoms with Crippen molar-refractivity contribution in [2.24, 2.45) is 5.73 Å². The zero-order chi connectivity index (χ0) is 12.5. The molecule has 0 spiro atoms. The van der Waals surface area contributed by atoms with E-state index in [2.05, 4.69) is 25.6 Å². The van der Waals surface area contributed by atoms with Crippen molar-refractivity contribution in [3.63, 3.8) is 0 Å². The molecule has 0 aromatic carbocycles. The minimum absolute atomic E-state index is 0.536. The molecule has 94 valence electrons. The van der Waals surface area contributed by atoms with Crippen molar-refractivity contribution in [2.75, 3.05) is 6.54 Å². The van der Waals surface area contributed by atoms with Crippen LogP contribution < -0.4 is 5.73 Å². The first-order valence-corrected chi connectivity index (χ1v) is 6.45. The van der Waals surface area contributed by atoms with Crippen LogP contribution in [-0.2, 0) is 13.0 Å². The van der Waals surface area contributed by atoms with Gasteiger partial charge in [0.25, 0.3) is 0 Å². The lowest BCUT2D eigenvalue weighted by Crippen LogP contribution is -2.10. The van der Waals surface area contributed by atoms with Crippen molar-refractivity contribution in [3.05, 3.63) is 12.0 Å². The average Bonchev–Trinajstić information content (AvgIpc) is 3.01. The van der Waals surface area contributed by atoms with Gasteiger partial charge in [-0.15, -0.1) is 15.3 Å². The van der Waals surface area contributed by atoms with E-state index >= 15 is 0 Å². The van der Waals surface area contributed by atoms with E-state index in [0.717, 1.165) is 27.9 Å². The summed E-state index contributed by atoms with van der Waals surface area (Å²) in [5.41, 5.74) is 6.20. The van der Waals surface area contributed by atoms with Crippen LogP contribution in [0.15, 0.2) is 6.20 Å². The maximum Gasteiger partial charge on any atom is 0.235 e. The number of nitrogens with two attached hydrogens (primary N) is 1. The van der Waals surface area contributed by atoms with E-state index in [1.807, 2.05) is 13.1 Å². The molecular formula is C9H12N8S. The molecule has 0 aliphatic heterocycles. The van der Waals surface area contributed by atoms with Crippen LogP contribution in [0.25, 0.3) is 15.7 Å². The average molecular weight is 264 g/mol. The third kappa shape index (κ3) is 1.77. The number of hydrogen-bond acceptors (Lipinski definition) is 7. The smallest absolute Gasteiger partial charge is 0.235 e. The molecule has 0 unspecified atom stereocenters. The highest BCUT2D eigenvalue weighted by atomic mass is 32.1. The van der Waals surface area contributed by atoms with Crippen molar-refractivity contribution in [2.45, 2.75) is 19.9 Å². The van der Waals surface area contributed by atoms with Gasteiger partial charge in [0, 0.05) is 13.0 Å². The van der Waals surface area contributed by atoms with Crippen molar-refractivity contribution in [1.82, 2.24) is 34.8 Å². The lowest BCUT2D eigenvalue weighted by atomic mass is 10.5. The van der Waals surface area contributed by atoms with Gasteiger partial charge in [0.1, 0.15) is 5.69 Å². The van der Waals surface area contributed by atoms with E-state index < -0.39 is 0 Å². The highest BCUT2D eigenvalue weighted by Crippen LogP contribution is 2.23. The van der Waals surface area contributed by atoms with Crippen molar-refractivity contribution >= 4 is 16.3 Å². The molecule has 3 aromatic rings. The molecule has 0 aliphatic rings. The number of fused-ring (bicyclic) bond motifs is 1. The molecule has 0 bridgehead atoms. The van der Waals surface area contributed by atoms with Gasteiger partial charge in [0.15, 0.2) is 10.8 Å². The molecule has 0 amide bonds. The summed E-state index contributed by atoms with van der Waals surface area (Å²) < 4.78 is 3.46. The minimum atomic E-state index is 0.536. The largest absolute Gasteiger partial charge is 0.329 e. The summed E-state index contributed by atoms with van der Waals surface area (Å²) in [7, 11) is 0. The molecule has 8 nitrogen and oxygen atoms in total. The summed E-state index contributed by atoms with van der Waals surface area (Å²) in [6.07, 6.45) is 2.63. The lowest BCUT2D eigenvalue weighted by Gasteiger charge is -1.92. The number of aryl methyl sites for hydroxylation is 1. The van der Waals surface area contributed by atoms with E-state index in [1.54, 1.807) is 9.20 Å². The van der Waals surface area contributed by atoms with Crippen LogP contribution in [0.2, 0.25) is 0 Å². The van der Waals surface area contributed by atoms with Gasteiger partial charge >= 0.3 is 0 Å². The summed E-state index contributed by atoms with van der Waals surface area (Å²) in [5, 5.41) is 21.4. The fourth-order valence-corrected chi connectivity index (χ4v) is 2.43. The number of hydrogen-bond donors (Lipinski definition) is 1. The Hall–Kier alpha value is -1.87. The standard InChI is InChI=1S/C9H12N8S/c1-2-7-12-13-9-17(7)14-8(18-9)6-5-16(4-3-10)15-11-6/h5H,2-4,10H2,1H3. The van der Waals surface area contributed by atoms with Crippen LogP contribution in [0, 0.1) is 0 Å². The summed E-state index contributed by atoms with van der Waals surface area (Å²) in [4.78, 5) is 0.773. The predicted octanol–water partition coefficient (Wildman–Crippen LogP) is -0.0346. The molecule has 0 saturated carbocycles. The molecule has 3 heterocycles. The van der Waals surface area contributed by atoms with Crippen LogP contribution in [0.4, 0.5) is 0 Å². The lowest BCUT2D eigenvalue weighted by molar-refractivity contribution is 0.598. The molecule has 0 fully saturated rings. The Labute approximate surface area is 106 Å². The van der Waals surface area contributed by atoms with Crippen LogP contribution in [-0.4, -0.2) is 41.4 Å². The van der Waals surface area contributed by atoms with Crippen molar-refractivity contribution in [1.29, 1.82) is 0 Å². The van der Waals surface area contributed by atoms with Gasteiger partial charge in [-0.1, -0.05) is 23.5 Å². The molecule has 9 heteroatoms. The van der Waals surface area contributed by atoms with E-state index in [0.29, 0.717) is 13.1 Å². The molecule has 2 N–H and O–H groups in total. The van der Waals surface area contributed by atoms with Gasteiger partial charge in [0.2, 0.25) is 4.96 Å². The highest BCUT2D eigenvalue weighted by Gasteiger charge is 2.14.